The monoisotopic (exact) mass is 372 g/mol. The number of carbonyl (C=O) groups excluding carboxylic acids is 2. The Morgan fingerprint density at radius 1 is 1.31 bits per heavy atom. The van der Waals surface area contributed by atoms with Gasteiger partial charge in [0.1, 0.15) is 0 Å². The Labute approximate surface area is 155 Å². The number of carbonyl (C=O) groups is 2. The topological polar surface area (TPSA) is 67.9 Å². The summed E-state index contributed by atoms with van der Waals surface area (Å²) in [4.78, 5) is 28.1. The van der Waals surface area contributed by atoms with Crippen LogP contribution in [0.2, 0.25) is 0 Å². The van der Waals surface area contributed by atoms with E-state index in [-0.39, 0.29) is 31.1 Å². The minimum atomic E-state index is -0.142. The van der Waals surface area contributed by atoms with Crippen LogP contribution in [0.3, 0.4) is 0 Å². The number of hydrogen-bond donors (Lipinski definition) is 1. The number of nitrogens with zero attached hydrogens (tertiary/aromatic N) is 1. The van der Waals surface area contributed by atoms with Gasteiger partial charge in [-0.25, -0.2) is 0 Å². The van der Waals surface area contributed by atoms with Crippen LogP contribution in [0.1, 0.15) is 40.7 Å². The summed E-state index contributed by atoms with van der Waals surface area (Å²) in [5, 5.41) is 4.98. The van der Waals surface area contributed by atoms with Gasteiger partial charge < -0.3 is 14.8 Å². The Morgan fingerprint density at radius 2 is 2.08 bits per heavy atom. The van der Waals surface area contributed by atoms with Gasteiger partial charge in [0.2, 0.25) is 12.7 Å². The van der Waals surface area contributed by atoms with E-state index in [9.17, 15) is 9.59 Å². The number of thiophene rings is 1. The van der Waals surface area contributed by atoms with E-state index in [4.69, 9.17) is 9.47 Å². The molecule has 0 bridgehead atoms. The molecule has 0 spiro atoms. The second-order valence-electron chi connectivity index (χ2n) is 6.55. The van der Waals surface area contributed by atoms with Crippen LogP contribution in [0.4, 0.5) is 5.69 Å². The van der Waals surface area contributed by atoms with E-state index in [2.05, 4.69) is 28.6 Å². The Morgan fingerprint density at radius 3 is 2.85 bits per heavy atom. The largest absolute Gasteiger partial charge is 0.454 e. The van der Waals surface area contributed by atoms with E-state index in [0.29, 0.717) is 22.7 Å². The fourth-order valence-electron chi connectivity index (χ4n) is 3.49. The number of anilines is 1. The van der Waals surface area contributed by atoms with Crippen LogP contribution >= 0.6 is 11.3 Å². The lowest BCUT2D eigenvalue weighted by Gasteiger charge is -2.33. The van der Waals surface area contributed by atoms with Gasteiger partial charge in [-0.1, -0.05) is 0 Å². The first-order valence-corrected chi connectivity index (χ1v) is 9.45. The summed E-state index contributed by atoms with van der Waals surface area (Å²) in [5.41, 5.74) is 2.20. The van der Waals surface area contributed by atoms with Gasteiger partial charge in [0.05, 0.1) is 12.2 Å². The van der Waals surface area contributed by atoms with E-state index in [0.717, 1.165) is 13.0 Å². The zero-order valence-electron chi connectivity index (χ0n) is 14.7. The highest BCUT2D eigenvalue weighted by Crippen LogP contribution is 2.37. The van der Waals surface area contributed by atoms with Gasteiger partial charge in [-0.05, 0) is 43.3 Å². The van der Waals surface area contributed by atoms with Crippen molar-refractivity contribution in [2.45, 2.75) is 26.3 Å². The van der Waals surface area contributed by atoms with E-state index in [1.54, 1.807) is 23.5 Å². The molecule has 0 saturated heterocycles. The van der Waals surface area contributed by atoms with Gasteiger partial charge in [-0.15, -0.1) is 11.3 Å². The number of ether oxygens (including phenoxy) is 2. The van der Waals surface area contributed by atoms with Crippen molar-refractivity contribution in [1.82, 2.24) is 4.90 Å². The first-order chi connectivity index (χ1) is 12.5. The SMILES string of the molecule is CC(=O)c1cc2c(cc1NC(=O)CN1CCc3sccc3[C@H]1C)OCO2. The molecular weight excluding hydrogens is 352 g/mol. The minimum Gasteiger partial charge on any atom is -0.454 e. The van der Waals surface area contributed by atoms with Crippen molar-refractivity contribution in [3.8, 4) is 11.5 Å². The normalized spacial score (nSPS) is 18.5. The lowest BCUT2D eigenvalue weighted by atomic mass is 10.0. The van der Waals surface area contributed by atoms with E-state index < -0.39 is 0 Å². The fraction of sp³-hybridized carbons (Fsp3) is 0.368. The van der Waals surface area contributed by atoms with Crippen molar-refractivity contribution in [2.24, 2.45) is 0 Å². The molecule has 1 amide bonds. The van der Waals surface area contributed by atoms with Crippen molar-refractivity contribution < 1.29 is 19.1 Å². The summed E-state index contributed by atoms with van der Waals surface area (Å²) in [6.07, 6.45) is 0.966. The third-order valence-electron chi connectivity index (χ3n) is 4.92. The van der Waals surface area contributed by atoms with Crippen LogP contribution < -0.4 is 14.8 Å². The average Bonchev–Trinajstić information content (AvgIpc) is 3.25. The number of fused-ring (bicyclic) bond motifs is 2. The van der Waals surface area contributed by atoms with E-state index >= 15 is 0 Å². The van der Waals surface area contributed by atoms with Crippen LogP contribution in [-0.4, -0.2) is 36.5 Å². The Bertz CT molecular complexity index is 876. The maximum Gasteiger partial charge on any atom is 0.238 e. The maximum atomic E-state index is 12.6. The number of Topliss-reactive ketones (excluding diaryl/α,β-unsaturated/α-hetero) is 1. The predicted molar refractivity (Wildman–Crippen MR) is 99.2 cm³/mol. The molecule has 3 heterocycles. The van der Waals surface area contributed by atoms with E-state index in [1.807, 2.05) is 0 Å². The van der Waals surface area contributed by atoms with Gasteiger partial charge in [0, 0.05) is 29.1 Å². The van der Waals surface area contributed by atoms with Crippen molar-refractivity contribution in [1.29, 1.82) is 0 Å². The summed E-state index contributed by atoms with van der Waals surface area (Å²) < 4.78 is 10.7. The van der Waals surface area contributed by atoms with Gasteiger partial charge in [0.15, 0.2) is 17.3 Å². The van der Waals surface area contributed by atoms with Crippen molar-refractivity contribution in [2.75, 3.05) is 25.2 Å². The molecular formula is C19H20N2O4S. The molecule has 26 heavy (non-hydrogen) atoms. The lowest BCUT2D eigenvalue weighted by molar-refractivity contribution is -0.117. The van der Waals surface area contributed by atoms with Crippen LogP contribution in [-0.2, 0) is 11.2 Å². The summed E-state index contributed by atoms with van der Waals surface area (Å²) in [7, 11) is 0. The molecule has 1 atom stereocenters. The van der Waals surface area contributed by atoms with Crippen LogP contribution in [0.15, 0.2) is 23.6 Å². The summed E-state index contributed by atoms with van der Waals surface area (Å²) in [6.45, 7) is 4.85. The molecule has 4 rings (SSSR count). The molecule has 0 saturated carbocycles. The molecule has 0 radical (unpaired) electrons. The number of benzene rings is 1. The lowest BCUT2D eigenvalue weighted by Crippen LogP contribution is -2.39. The predicted octanol–water partition coefficient (Wildman–Crippen LogP) is 3.24. The molecule has 6 nitrogen and oxygen atoms in total. The number of rotatable bonds is 4. The number of nitrogens with one attached hydrogen (secondary N) is 1. The Kier molecular flexibility index (Phi) is 4.42. The molecule has 1 N–H and O–H groups in total. The third-order valence-corrected chi connectivity index (χ3v) is 5.91. The molecule has 2 aromatic rings. The highest BCUT2D eigenvalue weighted by Gasteiger charge is 2.27. The number of ketones is 1. The zero-order chi connectivity index (χ0) is 18.3. The third kappa shape index (κ3) is 3.08. The first kappa shape index (κ1) is 17.1. The van der Waals surface area contributed by atoms with Crippen molar-refractivity contribution >= 4 is 28.7 Å². The first-order valence-electron chi connectivity index (χ1n) is 8.57. The highest BCUT2D eigenvalue weighted by molar-refractivity contribution is 7.10. The molecule has 1 aromatic heterocycles. The fourth-order valence-corrected chi connectivity index (χ4v) is 4.45. The Balaban J connectivity index is 1.50. The standard InChI is InChI=1S/C19H20N2O4S/c1-11-13-4-6-26-18(13)3-5-21(11)9-19(23)20-15-8-17-16(24-10-25-17)7-14(15)12(2)22/h4,6-8,11H,3,5,9-10H2,1-2H3,(H,20,23)/t11-/m1/s1. The van der Waals surface area contributed by atoms with Crippen LogP contribution in [0.5, 0.6) is 11.5 Å². The van der Waals surface area contributed by atoms with Gasteiger partial charge in [-0.2, -0.15) is 0 Å². The van der Waals surface area contributed by atoms with Gasteiger partial charge in [-0.3, -0.25) is 14.5 Å². The molecule has 2 aliphatic heterocycles. The summed E-state index contributed by atoms with van der Waals surface area (Å²) in [6, 6.07) is 5.63. The molecule has 0 aliphatic carbocycles. The van der Waals surface area contributed by atoms with Crippen LogP contribution in [0.25, 0.3) is 0 Å². The molecule has 1 aromatic carbocycles. The average molecular weight is 372 g/mol. The Hall–Kier alpha value is -2.38. The number of hydrogen-bond acceptors (Lipinski definition) is 6. The second-order valence-corrected chi connectivity index (χ2v) is 7.55. The smallest absolute Gasteiger partial charge is 0.238 e. The maximum absolute atomic E-state index is 12.6. The summed E-state index contributed by atoms with van der Waals surface area (Å²) >= 11 is 1.78. The van der Waals surface area contributed by atoms with Crippen molar-refractivity contribution in [3.63, 3.8) is 0 Å². The second kappa shape index (κ2) is 6.74. The molecule has 7 heteroatoms. The quantitative estimate of drug-likeness (QED) is 0.835. The highest BCUT2D eigenvalue weighted by atomic mass is 32.1. The molecule has 136 valence electrons. The van der Waals surface area contributed by atoms with Crippen molar-refractivity contribution in [3.05, 3.63) is 39.6 Å². The minimum absolute atomic E-state index is 0.123. The van der Waals surface area contributed by atoms with Gasteiger partial charge >= 0.3 is 0 Å². The molecule has 0 unspecified atom stereocenters. The summed E-state index contributed by atoms with van der Waals surface area (Å²) in [5.74, 6) is 0.798. The van der Waals surface area contributed by atoms with Crippen LogP contribution in [0, 0.1) is 0 Å². The molecule has 2 aliphatic rings. The van der Waals surface area contributed by atoms with Gasteiger partial charge in [0.25, 0.3) is 0 Å². The number of amides is 1. The van der Waals surface area contributed by atoms with E-state index in [1.165, 1.54) is 17.4 Å². The zero-order valence-corrected chi connectivity index (χ0v) is 15.5. The molecule has 0 fully saturated rings.